The van der Waals surface area contributed by atoms with Crippen molar-refractivity contribution in [3.63, 3.8) is 0 Å². The van der Waals surface area contributed by atoms with Crippen molar-refractivity contribution < 1.29 is 13.9 Å². The third-order valence-electron chi connectivity index (χ3n) is 4.46. The summed E-state index contributed by atoms with van der Waals surface area (Å²) in [4.78, 5) is 13.2. The molecule has 0 saturated heterocycles. The van der Waals surface area contributed by atoms with Crippen LogP contribution in [0.4, 0.5) is 4.39 Å². The molecule has 0 amide bonds. The number of pyridine rings is 1. The van der Waals surface area contributed by atoms with E-state index in [1.165, 1.54) is 4.57 Å². The number of hydrogen-bond donors (Lipinski definition) is 1. The fourth-order valence-electron chi connectivity index (χ4n) is 3.24. The van der Waals surface area contributed by atoms with Gasteiger partial charge in [0.25, 0.3) is 0 Å². The Morgan fingerprint density at radius 2 is 1.93 bits per heavy atom. The number of fused-ring (bicyclic) bond motifs is 2. The van der Waals surface area contributed by atoms with Crippen LogP contribution in [0.5, 0.6) is 5.88 Å². The minimum atomic E-state index is -0.973. The van der Waals surface area contributed by atoms with Gasteiger partial charge in [0.15, 0.2) is 11.6 Å². The molecule has 2 heterocycles. The maximum absolute atomic E-state index is 15.2. The van der Waals surface area contributed by atoms with Crippen LogP contribution in [0.1, 0.15) is 21.5 Å². The van der Waals surface area contributed by atoms with Crippen molar-refractivity contribution in [2.75, 3.05) is 6.61 Å². The van der Waals surface area contributed by atoms with Crippen LogP contribution in [-0.4, -0.2) is 17.0 Å². The quantitative estimate of drug-likeness (QED) is 0.519. The highest BCUT2D eigenvalue weighted by atomic mass is 35.5. The predicted octanol–water partition coefficient (Wildman–Crippen LogP) is 4.06. The summed E-state index contributed by atoms with van der Waals surface area (Å²) in [5.41, 5.74) is -0.144. The van der Waals surface area contributed by atoms with Crippen molar-refractivity contribution in [1.29, 1.82) is 10.7 Å². The molecule has 5 nitrogen and oxygen atoms in total. The number of carbonyl (C=O) groups excluding carboxylic acids is 1. The van der Waals surface area contributed by atoms with Crippen LogP contribution >= 0.6 is 23.2 Å². The van der Waals surface area contributed by atoms with Crippen LogP contribution in [0, 0.1) is 22.6 Å². The van der Waals surface area contributed by atoms with Gasteiger partial charge in [0.1, 0.15) is 18.2 Å². The van der Waals surface area contributed by atoms with Crippen molar-refractivity contribution in [3.05, 3.63) is 68.4 Å². The Morgan fingerprint density at radius 1 is 1.22 bits per heavy atom. The zero-order valence-electron chi connectivity index (χ0n) is 13.6. The van der Waals surface area contributed by atoms with E-state index in [1.54, 1.807) is 36.4 Å². The van der Waals surface area contributed by atoms with Crippen molar-refractivity contribution in [1.82, 2.24) is 4.57 Å². The largest absolute Gasteiger partial charge is 0.476 e. The van der Waals surface area contributed by atoms with Gasteiger partial charge in [-0.15, -0.1) is 0 Å². The highest BCUT2D eigenvalue weighted by molar-refractivity contribution is 6.41. The molecule has 3 aromatic rings. The molecule has 1 aliphatic rings. The van der Waals surface area contributed by atoms with Gasteiger partial charge < -0.3 is 4.74 Å². The first kappa shape index (κ1) is 17.5. The average Bonchev–Trinajstić information content (AvgIpc) is 3.17. The minimum Gasteiger partial charge on any atom is -0.476 e. The standard InChI is InChI=1S/C19H10Cl2FN3O2/c20-14-10(8-23)15(21)16(22)11-12(14)18(24)25-6-7-27-19(25)13(11)17(26)9-4-2-1-3-5-9/h1-5,24H,6-7H2. The number of aromatic nitrogens is 1. The van der Waals surface area contributed by atoms with Crippen LogP contribution in [0.2, 0.25) is 10.0 Å². The van der Waals surface area contributed by atoms with Gasteiger partial charge in [-0.2, -0.15) is 5.26 Å². The molecule has 0 radical (unpaired) electrons. The zero-order valence-corrected chi connectivity index (χ0v) is 15.2. The first-order valence-corrected chi connectivity index (χ1v) is 8.67. The second-order valence-electron chi connectivity index (χ2n) is 5.90. The van der Waals surface area contributed by atoms with Crippen LogP contribution in [0.15, 0.2) is 30.3 Å². The average molecular weight is 402 g/mol. The molecule has 8 heteroatoms. The Balaban J connectivity index is 2.23. The number of halogens is 3. The summed E-state index contributed by atoms with van der Waals surface area (Å²) in [7, 11) is 0. The number of hydrogen-bond acceptors (Lipinski definition) is 4. The van der Waals surface area contributed by atoms with Gasteiger partial charge in [0, 0.05) is 16.3 Å². The third kappa shape index (κ3) is 2.43. The lowest BCUT2D eigenvalue weighted by Crippen LogP contribution is -2.22. The minimum absolute atomic E-state index is 0.0383. The van der Waals surface area contributed by atoms with Crippen molar-refractivity contribution in [3.8, 4) is 11.9 Å². The summed E-state index contributed by atoms with van der Waals surface area (Å²) < 4.78 is 22.2. The lowest BCUT2D eigenvalue weighted by atomic mass is 9.96. The van der Waals surface area contributed by atoms with Crippen LogP contribution < -0.4 is 10.2 Å². The van der Waals surface area contributed by atoms with E-state index in [0.29, 0.717) is 12.1 Å². The number of nitriles is 1. The second-order valence-corrected chi connectivity index (χ2v) is 6.66. The fraction of sp³-hybridized carbons (Fsp3) is 0.105. The molecule has 1 aliphatic heterocycles. The molecule has 134 valence electrons. The van der Waals surface area contributed by atoms with Gasteiger partial charge in [-0.25, -0.2) is 4.39 Å². The summed E-state index contributed by atoms with van der Waals surface area (Å²) in [5.74, 6) is -1.36. The lowest BCUT2D eigenvalue weighted by Gasteiger charge is -2.16. The molecule has 27 heavy (non-hydrogen) atoms. The lowest BCUT2D eigenvalue weighted by molar-refractivity contribution is 0.103. The van der Waals surface area contributed by atoms with Crippen molar-refractivity contribution in [2.24, 2.45) is 0 Å². The summed E-state index contributed by atoms with van der Waals surface area (Å²) in [6.07, 6.45) is 0. The molecule has 0 atom stereocenters. The van der Waals surface area contributed by atoms with Crippen LogP contribution in [0.3, 0.4) is 0 Å². The van der Waals surface area contributed by atoms with Gasteiger partial charge in [0.05, 0.1) is 27.7 Å². The maximum atomic E-state index is 15.2. The van der Waals surface area contributed by atoms with Crippen molar-refractivity contribution >= 4 is 39.8 Å². The zero-order chi connectivity index (χ0) is 19.3. The number of rotatable bonds is 2. The Morgan fingerprint density at radius 3 is 2.59 bits per heavy atom. The maximum Gasteiger partial charge on any atom is 0.207 e. The normalized spacial score (nSPS) is 12.5. The van der Waals surface area contributed by atoms with Gasteiger partial charge in [-0.05, 0) is 0 Å². The number of ketones is 1. The predicted molar refractivity (Wildman–Crippen MR) is 97.9 cm³/mol. The molecular formula is C19H10Cl2FN3O2. The number of ether oxygens (including phenoxy) is 1. The van der Waals surface area contributed by atoms with E-state index < -0.39 is 16.6 Å². The van der Waals surface area contributed by atoms with Crippen molar-refractivity contribution in [2.45, 2.75) is 6.54 Å². The number of benzene rings is 2. The Hall–Kier alpha value is -2.88. The van der Waals surface area contributed by atoms with Gasteiger partial charge in [-0.1, -0.05) is 53.5 Å². The van der Waals surface area contributed by atoms with Gasteiger partial charge >= 0.3 is 0 Å². The van der Waals surface area contributed by atoms with Crippen LogP contribution in [-0.2, 0) is 6.54 Å². The first-order chi connectivity index (χ1) is 13.0. The topological polar surface area (TPSA) is 78.9 Å². The highest BCUT2D eigenvalue weighted by Gasteiger charge is 2.31. The monoisotopic (exact) mass is 401 g/mol. The summed E-state index contributed by atoms with van der Waals surface area (Å²) in [6, 6.07) is 10.1. The molecule has 0 unspecified atom stereocenters. The summed E-state index contributed by atoms with van der Waals surface area (Å²) in [6.45, 7) is 0.539. The summed E-state index contributed by atoms with van der Waals surface area (Å²) >= 11 is 12.3. The second kappa shape index (κ2) is 6.38. The van der Waals surface area contributed by atoms with E-state index in [0.717, 1.165) is 0 Å². The molecule has 1 aromatic heterocycles. The van der Waals surface area contributed by atoms with E-state index in [2.05, 4.69) is 0 Å². The number of nitrogens with one attached hydrogen (secondary N) is 1. The van der Waals surface area contributed by atoms with Gasteiger partial charge in [0.2, 0.25) is 5.88 Å². The van der Waals surface area contributed by atoms with E-state index in [4.69, 9.17) is 33.3 Å². The molecule has 0 bridgehead atoms. The Bertz CT molecular complexity index is 1230. The highest BCUT2D eigenvalue weighted by Crippen LogP contribution is 2.40. The Kier molecular flexibility index (Phi) is 4.14. The molecular weight excluding hydrogens is 392 g/mol. The molecule has 0 aliphatic carbocycles. The molecule has 0 spiro atoms. The molecule has 0 fully saturated rings. The first-order valence-electron chi connectivity index (χ1n) is 7.91. The third-order valence-corrected chi connectivity index (χ3v) is 5.20. The van der Waals surface area contributed by atoms with Gasteiger partial charge in [-0.3, -0.25) is 14.8 Å². The molecule has 2 aromatic carbocycles. The van der Waals surface area contributed by atoms with E-state index in [9.17, 15) is 10.1 Å². The number of carbonyl (C=O) groups is 1. The molecule has 4 rings (SSSR count). The summed E-state index contributed by atoms with van der Waals surface area (Å²) in [5, 5.41) is 16.8. The Labute approximate surface area is 162 Å². The van der Waals surface area contributed by atoms with E-state index in [1.807, 2.05) is 0 Å². The van der Waals surface area contributed by atoms with E-state index in [-0.39, 0.29) is 44.9 Å². The smallest absolute Gasteiger partial charge is 0.207 e. The fourth-order valence-corrected chi connectivity index (χ4v) is 3.84. The molecule has 1 N–H and O–H groups in total. The number of nitrogens with zero attached hydrogens (tertiary/aromatic N) is 2. The van der Waals surface area contributed by atoms with E-state index >= 15 is 4.39 Å². The SMILES string of the molecule is N#Cc1c(Cl)c(F)c2c(C(=O)c3ccccc3)c3n(c(=N)c2c1Cl)CCO3. The van der Waals surface area contributed by atoms with Crippen LogP contribution in [0.25, 0.3) is 10.8 Å². The molecule has 0 saturated carbocycles.